The molecule has 2 aromatic carbocycles. The molecule has 3 rings (SSSR count). The average molecular weight is 366 g/mol. The SMILES string of the molecule is COc1cccc(/C=C/C(=O)OCc2nc(-c3ccccc3)no2)c1OC. The van der Waals surface area contributed by atoms with E-state index in [1.165, 1.54) is 13.2 Å². The van der Waals surface area contributed by atoms with Crippen LogP contribution in [0, 0.1) is 0 Å². The van der Waals surface area contributed by atoms with Gasteiger partial charge in [-0.1, -0.05) is 47.6 Å². The summed E-state index contributed by atoms with van der Waals surface area (Å²) in [7, 11) is 3.08. The van der Waals surface area contributed by atoms with E-state index in [0.717, 1.165) is 5.56 Å². The average Bonchev–Trinajstić information content (AvgIpc) is 3.20. The molecule has 0 saturated heterocycles. The van der Waals surface area contributed by atoms with Gasteiger partial charge in [-0.2, -0.15) is 4.98 Å². The number of hydrogen-bond donors (Lipinski definition) is 0. The smallest absolute Gasteiger partial charge is 0.331 e. The van der Waals surface area contributed by atoms with Gasteiger partial charge in [-0.3, -0.25) is 0 Å². The standard InChI is InChI=1S/C20H18N2O5/c1-24-16-10-6-9-14(19(16)25-2)11-12-18(23)26-13-17-21-20(22-27-17)15-7-4-3-5-8-15/h3-12H,13H2,1-2H3/b12-11+. The molecular formula is C20H18N2O5. The molecule has 0 aliphatic carbocycles. The van der Waals surface area contributed by atoms with E-state index in [1.54, 1.807) is 31.4 Å². The van der Waals surface area contributed by atoms with Gasteiger partial charge in [-0.15, -0.1) is 0 Å². The quantitative estimate of drug-likeness (QED) is 0.467. The number of rotatable bonds is 7. The number of esters is 1. The zero-order valence-electron chi connectivity index (χ0n) is 14.9. The Morgan fingerprint density at radius 2 is 1.89 bits per heavy atom. The Morgan fingerprint density at radius 1 is 1.07 bits per heavy atom. The maximum absolute atomic E-state index is 11.9. The first-order valence-corrected chi connectivity index (χ1v) is 8.15. The van der Waals surface area contributed by atoms with Gasteiger partial charge >= 0.3 is 5.97 Å². The molecule has 0 bridgehead atoms. The maximum atomic E-state index is 11.9. The Balaban J connectivity index is 1.61. The van der Waals surface area contributed by atoms with Crippen LogP contribution in [0.25, 0.3) is 17.5 Å². The summed E-state index contributed by atoms with van der Waals surface area (Å²) in [4.78, 5) is 16.2. The summed E-state index contributed by atoms with van der Waals surface area (Å²) in [5, 5.41) is 3.87. The van der Waals surface area contributed by atoms with Crippen LogP contribution in [0.1, 0.15) is 11.5 Å². The molecule has 3 aromatic rings. The summed E-state index contributed by atoms with van der Waals surface area (Å²) in [6.07, 6.45) is 2.89. The van der Waals surface area contributed by atoms with Crippen molar-refractivity contribution in [3.8, 4) is 22.9 Å². The number of hydrogen-bond acceptors (Lipinski definition) is 7. The van der Waals surface area contributed by atoms with Crippen molar-refractivity contribution in [2.75, 3.05) is 14.2 Å². The Bertz CT molecular complexity index is 935. The van der Waals surface area contributed by atoms with E-state index in [9.17, 15) is 4.79 Å². The molecule has 0 spiro atoms. The highest BCUT2D eigenvalue weighted by molar-refractivity contribution is 5.87. The van der Waals surface area contributed by atoms with Gasteiger partial charge in [-0.05, 0) is 12.1 Å². The number of methoxy groups -OCH3 is 2. The van der Waals surface area contributed by atoms with E-state index in [4.69, 9.17) is 18.7 Å². The molecule has 7 heteroatoms. The van der Waals surface area contributed by atoms with Gasteiger partial charge in [0.25, 0.3) is 5.89 Å². The second-order valence-electron chi connectivity index (χ2n) is 5.40. The number of aromatic nitrogens is 2. The Labute approximate surface area is 156 Å². The highest BCUT2D eigenvalue weighted by Gasteiger charge is 2.11. The number of benzene rings is 2. The van der Waals surface area contributed by atoms with Gasteiger partial charge in [0.1, 0.15) is 0 Å². The number of nitrogens with zero attached hydrogens (tertiary/aromatic N) is 2. The number of carbonyl (C=O) groups excluding carboxylic acids is 1. The number of carbonyl (C=O) groups is 1. The van der Waals surface area contributed by atoms with Gasteiger partial charge < -0.3 is 18.7 Å². The molecule has 0 amide bonds. The third kappa shape index (κ3) is 4.52. The summed E-state index contributed by atoms with van der Waals surface area (Å²) in [5.41, 5.74) is 1.52. The van der Waals surface area contributed by atoms with E-state index in [1.807, 2.05) is 30.3 Å². The van der Waals surface area contributed by atoms with Crippen LogP contribution < -0.4 is 9.47 Å². The van der Waals surface area contributed by atoms with Crippen LogP contribution >= 0.6 is 0 Å². The van der Waals surface area contributed by atoms with Gasteiger partial charge in [0.05, 0.1) is 14.2 Å². The second kappa shape index (κ2) is 8.66. The third-order valence-electron chi connectivity index (χ3n) is 3.67. The molecule has 0 N–H and O–H groups in total. The topological polar surface area (TPSA) is 83.7 Å². The predicted octanol–water partition coefficient (Wildman–Crippen LogP) is 3.51. The third-order valence-corrected chi connectivity index (χ3v) is 3.67. The maximum Gasteiger partial charge on any atom is 0.331 e. The fraction of sp³-hybridized carbons (Fsp3) is 0.150. The Hall–Kier alpha value is -3.61. The van der Waals surface area contributed by atoms with Crippen molar-refractivity contribution >= 4 is 12.0 Å². The van der Waals surface area contributed by atoms with Crippen molar-refractivity contribution in [2.24, 2.45) is 0 Å². The molecule has 0 saturated carbocycles. The molecule has 0 aliphatic heterocycles. The van der Waals surface area contributed by atoms with Crippen molar-refractivity contribution in [2.45, 2.75) is 6.61 Å². The van der Waals surface area contributed by atoms with Crippen LogP contribution in [0.5, 0.6) is 11.5 Å². The minimum Gasteiger partial charge on any atom is -0.493 e. The lowest BCUT2D eigenvalue weighted by atomic mass is 10.1. The predicted molar refractivity (Wildman–Crippen MR) is 98.1 cm³/mol. The van der Waals surface area contributed by atoms with Crippen LogP contribution in [0.4, 0.5) is 0 Å². The zero-order valence-corrected chi connectivity index (χ0v) is 14.9. The highest BCUT2D eigenvalue weighted by Crippen LogP contribution is 2.31. The van der Waals surface area contributed by atoms with E-state index < -0.39 is 5.97 Å². The summed E-state index contributed by atoms with van der Waals surface area (Å²) in [5.74, 6) is 1.23. The first-order valence-electron chi connectivity index (χ1n) is 8.15. The fourth-order valence-corrected chi connectivity index (χ4v) is 2.40. The second-order valence-corrected chi connectivity index (χ2v) is 5.40. The van der Waals surface area contributed by atoms with Crippen molar-refractivity contribution in [3.63, 3.8) is 0 Å². The van der Waals surface area contributed by atoms with Crippen LogP contribution in [0.2, 0.25) is 0 Å². The lowest BCUT2D eigenvalue weighted by molar-refractivity contribution is -0.139. The van der Waals surface area contributed by atoms with Crippen LogP contribution in [0.15, 0.2) is 59.1 Å². The van der Waals surface area contributed by atoms with E-state index >= 15 is 0 Å². The molecule has 0 atom stereocenters. The van der Waals surface area contributed by atoms with Crippen LogP contribution in [0.3, 0.4) is 0 Å². The van der Waals surface area contributed by atoms with Gasteiger partial charge in [-0.25, -0.2) is 4.79 Å². The van der Waals surface area contributed by atoms with Gasteiger partial charge in [0.2, 0.25) is 5.82 Å². The number of ether oxygens (including phenoxy) is 3. The van der Waals surface area contributed by atoms with Crippen molar-refractivity contribution < 1.29 is 23.5 Å². The number of para-hydroxylation sites is 1. The lowest BCUT2D eigenvalue weighted by Gasteiger charge is -2.09. The molecule has 0 aliphatic rings. The normalized spacial score (nSPS) is 10.7. The summed E-state index contributed by atoms with van der Waals surface area (Å²) in [6.45, 7) is -0.113. The van der Waals surface area contributed by atoms with E-state index in [2.05, 4.69) is 10.1 Å². The summed E-state index contributed by atoms with van der Waals surface area (Å²) >= 11 is 0. The molecule has 0 radical (unpaired) electrons. The molecule has 1 heterocycles. The summed E-state index contributed by atoms with van der Waals surface area (Å²) in [6, 6.07) is 14.8. The molecule has 7 nitrogen and oxygen atoms in total. The first kappa shape index (κ1) is 18.2. The van der Waals surface area contributed by atoms with Crippen LogP contribution in [-0.4, -0.2) is 30.3 Å². The largest absolute Gasteiger partial charge is 0.493 e. The lowest BCUT2D eigenvalue weighted by Crippen LogP contribution is -2.01. The zero-order chi connectivity index (χ0) is 19.1. The van der Waals surface area contributed by atoms with E-state index in [-0.39, 0.29) is 12.5 Å². The van der Waals surface area contributed by atoms with Crippen molar-refractivity contribution in [1.82, 2.24) is 10.1 Å². The summed E-state index contributed by atoms with van der Waals surface area (Å²) < 4.78 is 20.8. The highest BCUT2D eigenvalue weighted by atomic mass is 16.6. The molecule has 0 unspecified atom stereocenters. The van der Waals surface area contributed by atoms with Crippen LogP contribution in [-0.2, 0) is 16.1 Å². The first-order chi connectivity index (χ1) is 13.2. The minimum absolute atomic E-state index is 0.113. The van der Waals surface area contributed by atoms with E-state index in [0.29, 0.717) is 22.9 Å². The fourth-order valence-electron chi connectivity index (χ4n) is 2.40. The molecule has 138 valence electrons. The van der Waals surface area contributed by atoms with Crippen molar-refractivity contribution in [3.05, 3.63) is 66.1 Å². The molecule has 0 fully saturated rings. The molecule has 27 heavy (non-hydrogen) atoms. The molecular weight excluding hydrogens is 348 g/mol. The van der Waals surface area contributed by atoms with Gasteiger partial charge in [0, 0.05) is 17.2 Å². The molecule has 1 aromatic heterocycles. The van der Waals surface area contributed by atoms with Crippen molar-refractivity contribution in [1.29, 1.82) is 0 Å². The Morgan fingerprint density at radius 3 is 2.63 bits per heavy atom. The monoisotopic (exact) mass is 366 g/mol. The Kier molecular flexibility index (Phi) is 5.84. The van der Waals surface area contributed by atoms with Gasteiger partial charge in [0.15, 0.2) is 18.1 Å². The minimum atomic E-state index is -0.542.